The number of benzene rings is 1. The van der Waals surface area contributed by atoms with E-state index in [9.17, 15) is 14.9 Å². The van der Waals surface area contributed by atoms with Gasteiger partial charge in [0.25, 0.3) is 0 Å². The normalized spacial score (nSPS) is 16.8. The molecule has 0 saturated heterocycles. The molecule has 0 aliphatic carbocycles. The number of methoxy groups -OCH3 is 2. The van der Waals surface area contributed by atoms with E-state index in [-0.39, 0.29) is 28.7 Å². The van der Waals surface area contributed by atoms with E-state index in [1.807, 2.05) is 6.07 Å². The summed E-state index contributed by atoms with van der Waals surface area (Å²) in [7, 11) is 2.49. The third kappa shape index (κ3) is 3.44. The summed E-state index contributed by atoms with van der Waals surface area (Å²) in [6.07, 6.45) is 0. The van der Waals surface area contributed by atoms with E-state index in [0.29, 0.717) is 11.1 Å². The number of rotatable bonds is 4. The van der Waals surface area contributed by atoms with Crippen molar-refractivity contribution in [1.82, 2.24) is 0 Å². The minimum Gasteiger partial charge on any atom is -0.466 e. The highest BCUT2D eigenvalue weighted by Crippen LogP contribution is 2.39. The summed E-state index contributed by atoms with van der Waals surface area (Å²) in [4.78, 5) is 23.8. The summed E-state index contributed by atoms with van der Waals surface area (Å²) >= 11 is 5.86. The molecule has 0 radical (unpaired) electrons. The quantitative estimate of drug-likeness (QED) is 0.643. The van der Waals surface area contributed by atoms with Crippen LogP contribution in [0.15, 0.2) is 47.1 Å². The highest BCUT2D eigenvalue weighted by atomic mass is 35.5. The number of carbonyl (C=O) groups is 2. The largest absolute Gasteiger partial charge is 0.466 e. The van der Waals surface area contributed by atoms with E-state index < -0.39 is 17.9 Å². The van der Waals surface area contributed by atoms with Gasteiger partial charge in [-0.1, -0.05) is 12.1 Å². The number of nitrogens with two attached hydrogens (primary N) is 1. The zero-order valence-electron chi connectivity index (χ0n) is 13.5. The Morgan fingerprint density at radius 1 is 1.24 bits per heavy atom. The summed E-state index contributed by atoms with van der Waals surface area (Å²) in [5, 5.41) is 9.46. The van der Waals surface area contributed by atoms with Crippen LogP contribution in [-0.4, -0.2) is 32.0 Å². The van der Waals surface area contributed by atoms with Crippen LogP contribution in [0.1, 0.15) is 21.8 Å². The number of halogens is 1. The van der Waals surface area contributed by atoms with E-state index in [4.69, 9.17) is 26.8 Å². The number of ether oxygens (including phenoxy) is 3. The molecule has 1 aliphatic heterocycles. The van der Waals surface area contributed by atoms with Gasteiger partial charge in [0.2, 0.25) is 5.88 Å². The van der Waals surface area contributed by atoms with Crippen molar-refractivity contribution < 1.29 is 23.8 Å². The summed E-state index contributed by atoms with van der Waals surface area (Å²) in [6, 6.07) is 8.20. The molecule has 1 heterocycles. The number of nitrogens with zero attached hydrogens (tertiary/aromatic N) is 1. The predicted octanol–water partition coefficient (Wildman–Crippen LogP) is 1.95. The van der Waals surface area contributed by atoms with Crippen molar-refractivity contribution in [3.8, 4) is 6.07 Å². The molecule has 7 nitrogen and oxygen atoms in total. The van der Waals surface area contributed by atoms with Crippen molar-refractivity contribution in [3.63, 3.8) is 0 Å². The lowest BCUT2D eigenvalue weighted by Crippen LogP contribution is -2.26. The monoisotopic (exact) mass is 362 g/mol. The van der Waals surface area contributed by atoms with Gasteiger partial charge in [-0.05, 0) is 17.7 Å². The molecule has 1 aromatic carbocycles. The van der Waals surface area contributed by atoms with Gasteiger partial charge in [0.1, 0.15) is 17.4 Å². The maximum atomic E-state index is 12.2. The Hall–Kier alpha value is -2.98. The number of esters is 2. The molecule has 1 aromatic rings. The molecule has 0 aromatic heterocycles. The Bertz CT molecular complexity index is 805. The maximum absolute atomic E-state index is 12.2. The molecule has 2 rings (SSSR count). The molecule has 25 heavy (non-hydrogen) atoms. The highest BCUT2D eigenvalue weighted by molar-refractivity contribution is 6.19. The van der Waals surface area contributed by atoms with E-state index in [0.717, 1.165) is 0 Å². The first-order chi connectivity index (χ1) is 12.0. The lowest BCUT2D eigenvalue weighted by atomic mass is 9.83. The molecule has 2 N–H and O–H groups in total. The molecule has 0 saturated carbocycles. The third-order valence-corrected chi connectivity index (χ3v) is 3.93. The smallest absolute Gasteiger partial charge is 0.338 e. The van der Waals surface area contributed by atoms with Crippen LogP contribution in [0, 0.1) is 11.3 Å². The van der Waals surface area contributed by atoms with Crippen molar-refractivity contribution in [3.05, 3.63) is 58.2 Å². The molecule has 130 valence electrons. The third-order valence-electron chi connectivity index (χ3n) is 3.69. The van der Waals surface area contributed by atoms with Crippen molar-refractivity contribution in [2.45, 2.75) is 5.92 Å². The number of alkyl halides is 1. The predicted molar refractivity (Wildman–Crippen MR) is 88.2 cm³/mol. The number of hydrogen-bond acceptors (Lipinski definition) is 7. The fraction of sp³-hybridized carbons (Fsp3) is 0.235. The number of carbonyl (C=O) groups excluding carboxylic acids is 2. The standard InChI is InChI=1S/C17H15ClN2O5/c1-23-16(21)10-5-3-9(4-6-10)13-11(8-19)15(20)25-12(7-18)14(13)17(22)24-2/h3-6,13H,7,20H2,1-2H3. The summed E-state index contributed by atoms with van der Waals surface area (Å²) in [6.45, 7) is 0. The van der Waals surface area contributed by atoms with Gasteiger partial charge in [0.15, 0.2) is 0 Å². The maximum Gasteiger partial charge on any atom is 0.338 e. The topological polar surface area (TPSA) is 112 Å². The Balaban J connectivity index is 2.60. The number of allylic oxidation sites excluding steroid dienone is 2. The van der Waals surface area contributed by atoms with Crippen molar-refractivity contribution in [2.75, 3.05) is 20.1 Å². The van der Waals surface area contributed by atoms with Crippen LogP contribution >= 0.6 is 11.6 Å². The van der Waals surface area contributed by atoms with E-state index in [2.05, 4.69) is 4.74 Å². The van der Waals surface area contributed by atoms with Crippen LogP contribution < -0.4 is 5.73 Å². The molecule has 0 spiro atoms. The number of nitriles is 1. The van der Waals surface area contributed by atoms with Crippen LogP contribution in [0.5, 0.6) is 0 Å². The van der Waals surface area contributed by atoms with E-state index in [1.54, 1.807) is 12.1 Å². The zero-order valence-corrected chi connectivity index (χ0v) is 14.3. The SMILES string of the molecule is COC(=O)C1=C(CCl)OC(N)=C(C#N)C1c1ccc(C(=O)OC)cc1. The minimum atomic E-state index is -0.813. The average Bonchev–Trinajstić information content (AvgIpc) is 2.65. The van der Waals surface area contributed by atoms with E-state index in [1.165, 1.54) is 26.4 Å². The van der Waals surface area contributed by atoms with Gasteiger partial charge in [-0.3, -0.25) is 0 Å². The average molecular weight is 363 g/mol. The fourth-order valence-electron chi connectivity index (χ4n) is 2.51. The second-order valence-corrected chi connectivity index (χ2v) is 5.27. The Morgan fingerprint density at radius 2 is 1.84 bits per heavy atom. The Labute approximate surface area is 149 Å². The molecule has 8 heteroatoms. The van der Waals surface area contributed by atoms with Crippen molar-refractivity contribution in [2.24, 2.45) is 5.73 Å². The van der Waals surface area contributed by atoms with Gasteiger partial charge in [-0.2, -0.15) is 5.26 Å². The first-order valence-electron chi connectivity index (χ1n) is 7.11. The molecule has 0 amide bonds. The molecular formula is C17H15ClN2O5. The van der Waals surface area contributed by atoms with Gasteiger partial charge in [0.05, 0.1) is 37.2 Å². The van der Waals surface area contributed by atoms with Gasteiger partial charge >= 0.3 is 11.9 Å². The molecule has 1 atom stereocenters. The Morgan fingerprint density at radius 3 is 2.32 bits per heavy atom. The van der Waals surface area contributed by atoms with Crippen molar-refractivity contribution in [1.29, 1.82) is 5.26 Å². The van der Waals surface area contributed by atoms with Crippen LogP contribution in [0.4, 0.5) is 0 Å². The molecule has 1 aliphatic rings. The summed E-state index contributed by atoms with van der Waals surface area (Å²) < 4.78 is 14.8. The molecule has 0 fully saturated rings. The molecule has 1 unspecified atom stereocenters. The van der Waals surface area contributed by atoms with Crippen LogP contribution in [-0.2, 0) is 19.0 Å². The van der Waals surface area contributed by atoms with E-state index >= 15 is 0 Å². The van der Waals surface area contributed by atoms with Crippen LogP contribution in [0.2, 0.25) is 0 Å². The zero-order chi connectivity index (χ0) is 18.6. The lowest BCUT2D eigenvalue weighted by Gasteiger charge is -2.27. The van der Waals surface area contributed by atoms with Gasteiger partial charge in [0, 0.05) is 0 Å². The fourth-order valence-corrected chi connectivity index (χ4v) is 2.71. The van der Waals surface area contributed by atoms with Gasteiger partial charge in [-0.25, -0.2) is 9.59 Å². The summed E-state index contributed by atoms with van der Waals surface area (Å²) in [5.74, 6) is -2.13. The minimum absolute atomic E-state index is 0.0556. The van der Waals surface area contributed by atoms with Crippen LogP contribution in [0.25, 0.3) is 0 Å². The molecular weight excluding hydrogens is 348 g/mol. The lowest BCUT2D eigenvalue weighted by molar-refractivity contribution is -0.136. The second-order valence-electron chi connectivity index (χ2n) is 5.00. The Kier molecular flexibility index (Phi) is 5.67. The second kappa shape index (κ2) is 7.73. The first-order valence-corrected chi connectivity index (χ1v) is 7.65. The van der Waals surface area contributed by atoms with Crippen molar-refractivity contribution >= 4 is 23.5 Å². The van der Waals surface area contributed by atoms with Gasteiger partial charge < -0.3 is 19.9 Å². The molecule has 0 bridgehead atoms. The van der Waals surface area contributed by atoms with Crippen LogP contribution in [0.3, 0.4) is 0 Å². The number of hydrogen-bond donors (Lipinski definition) is 1. The highest BCUT2D eigenvalue weighted by Gasteiger charge is 2.37. The van der Waals surface area contributed by atoms with Gasteiger partial charge in [-0.15, -0.1) is 11.6 Å². The first kappa shape index (κ1) is 18.4. The summed E-state index contributed by atoms with van der Waals surface area (Å²) in [5.41, 5.74) is 6.83.